The zero-order valence-electron chi connectivity index (χ0n) is 27.2. The Kier molecular flexibility index (Phi) is 10.6. The molecule has 0 saturated heterocycles. The van der Waals surface area contributed by atoms with E-state index in [1.165, 1.54) is 13.2 Å². The van der Waals surface area contributed by atoms with Gasteiger partial charge in [0.15, 0.2) is 19.8 Å². The zero-order valence-corrected chi connectivity index (χ0v) is 28.2. The Morgan fingerprint density at radius 2 is 1.67 bits per heavy atom. The van der Waals surface area contributed by atoms with Crippen molar-refractivity contribution in [3.05, 3.63) is 89.5 Å². The summed E-state index contributed by atoms with van der Waals surface area (Å²) in [4.78, 5) is 27.9. The van der Waals surface area contributed by atoms with Gasteiger partial charge in [0.2, 0.25) is 0 Å². The van der Waals surface area contributed by atoms with Crippen LogP contribution in [0.4, 0.5) is 10.5 Å². The lowest BCUT2D eigenvalue weighted by molar-refractivity contribution is 0.0627. The molecule has 0 radical (unpaired) electrons. The summed E-state index contributed by atoms with van der Waals surface area (Å²) >= 11 is 0. The molecule has 1 unspecified atom stereocenters. The predicted octanol–water partition coefficient (Wildman–Crippen LogP) is 7.69. The lowest BCUT2D eigenvalue weighted by Gasteiger charge is -2.41. The quantitative estimate of drug-likeness (QED) is 0.209. The van der Waals surface area contributed by atoms with Gasteiger partial charge in [-0.25, -0.2) is 4.79 Å². The summed E-state index contributed by atoms with van der Waals surface area (Å²) in [6.45, 7) is 11.9. The van der Waals surface area contributed by atoms with Gasteiger partial charge in [0.1, 0.15) is 12.4 Å². The van der Waals surface area contributed by atoms with Crippen molar-refractivity contribution < 1.29 is 33.3 Å². The Bertz CT molecular complexity index is 1520. The third-order valence-corrected chi connectivity index (χ3v) is 13.1. The minimum absolute atomic E-state index is 0.00726. The van der Waals surface area contributed by atoms with Crippen molar-refractivity contribution in [1.29, 1.82) is 0 Å². The maximum Gasteiger partial charge on any atom is 0.409 e. The number of carbonyl (C=O) groups is 2. The average Bonchev–Trinajstić information content (AvgIpc) is 3.02. The fraction of sp³-hybridized carbons (Fsp3) is 0.371. The van der Waals surface area contributed by atoms with Crippen LogP contribution < -0.4 is 19.5 Å². The smallest absolute Gasteiger partial charge is 0.409 e. The third-order valence-electron chi connectivity index (χ3n) is 8.61. The monoisotopic (exact) mass is 632 g/mol. The first kappa shape index (κ1) is 33.6. The number of nitrogens with one attached hydrogen (secondary N) is 1. The molecule has 1 heterocycles. The van der Waals surface area contributed by atoms with Crippen molar-refractivity contribution in [3.8, 4) is 17.2 Å². The summed E-state index contributed by atoms with van der Waals surface area (Å²) in [6.07, 6.45) is 1.33. The maximum atomic E-state index is 14.3. The van der Waals surface area contributed by atoms with Gasteiger partial charge in [-0.1, -0.05) is 69.3 Å². The molecule has 0 spiro atoms. The first-order valence-electron chi connectivity index (χ1n) is 15.0. The molecule has 2 N–H and O–H groups in total. The molecule has 0 saturated carbocycles. The summed E-state index contributed by atoms with van der Waals surface area (Å²) in [5.41, 5.74) is 3.38. The van der Waals surface area contributed by atoms with E-state index < -0.39 is 14.4 Å². The van der Waals surface area contributed by atoms with Crippen LogP contribution in [0.3, 0.4) is 0 Å². The van der Waals surface area contributed by atoms with Crippen molar-refractivity contribution in [1.82, 2.24) is 4.90 Å². The van der Waals surface area contributed by atoms with Crippen LogP contribution in [-0.2, 0) is 11.0 Å². The molecule has 0 fully saturated rings. The number of anilines is 1. The largest absolute Gasteiger partial charge is 0.497 e. The van der Waals surface area contributed by atoms with Crippen molar-refractivity contribution in [2.24, 2.45) is 0 Å². The van der Waals surface area contributed by atoms with Crippen LogP contribution in [0.25, 0.3) is 5.57 Å². The van der Waals surface area contributed by atoms with Crippen LogP contribution in [-0.4, -0.2) is 63.7 Å². The Morgan fingerprint density at radius 3 is 2.27 bits per heavy atom. The number of nitrogens with zero attached hydrogens (tertiary/aromatic N) is 1. The Hall–Kier alpha value is -4.28. The fourth-order valence-electron chi connectivity index (χ4n) is 4.88. The van der Waals surface area contributed by atoms with Gasteiger partial charge < -0.3 is 28.6 Å². The molecule has 2 amide bonds. The maximum absolute atomic E-state index is 14.3. The number of ether oxygens (including phenoxy) is 3. The van der Waals surface area contributed by atoms with E-state index in [2.05, 4.69) is 39.2 Å². The van der Waals surface area contributed by atoms with Gasteiger partial charge in [0, 0.05) is 12.6 Å². The van der Waals surface area contributed by atoms with E-state index in [1.54, 1.807) is 18.1 Å². The molecule has 10 heteroatoms. The van der Waals surface area contributed by atoms with E-state index in [0.29, 0.717) is 31.1 Å². The molecule has 45 heavy (non-hydrogen) atoms. The molecule has 0 aliphatic carbocycles. The summed E-state index contributed by atoms with van der Waals surface area (Å²) in [5, 5.41) is 12.1. The zero-order chi connectivity index (χ0) is 32.8. The molecule has 9 nitrogen and oxygen atoms in total. The van der Waals surface area contributed by atoms with Gasteiger partial charge in [0.05, 0.1) is 38.1 Å². The molecular formula is C35H44N2O7Si. The van der Waals surface area contributed by atoms with Crippen molar-refractivity contribution in [2.75, 3.05) is 32.7 Å². The Morgan fingerprint density at radius 1 is 0.978 bits per heavy atom. The lowest BCUT2D eigenvalue weighted by Crippen LogP contribution is -2.49. The molecule has 1 atom stereocenters. The number of methoxy groups -OCH3 is 2. The van der Waals surface area contributed by atoms with Crippen LogP contribution in [0.5, 0.6) is 17.2 Å². The highest BCUT2D eigenvalue weighted by atomic mass is 28.4. The van der Waals surface area contributed by atoms with E-state index in [4.69, 9.17) is 18.6 Å². The molecule has 3 aromatic rings. The van der Waals surface area contributed by atoms with E-state index in [9.17, 15) is 14.7 Å². The minimum Gasteiger partial charge on any atom is -0.497 e. The highest BCUT2D eigenvalue weighted by Gasteiger charge is 2.39. The highest BCUT2D eigenvalue weighted by Crippen LogP contribution is 2.39. The first-order chi connectivity index (χ1) is 21.3. The second kappa shape index (κ2) is 14.2. The lowest BCUT2D eigenvalue weighted by atomic mass is 9.93. The van der Waals surface area contributed by atoms with E-state index >= 15 is 0 Å². The molecule has 240 valence electrons. The van der Waals surface area contributed by atoms with Gasteiger partial charge in [-0.3, -0.25) is 10.1 Å². The molecule has 1 aliphatic rings. The van der Waals surface area contributed by atoms with E-state index in [1.807, 2.05) is 60.7 Å². The third kappa shape index (κ3) is 8.26. The van der Waals surface area contributed by atoms with Crippen molar-refractivity contribution >= 4 is 31.6 Å². The topological polar surface area (TPSA) is 107 Å². The first-order valence-corrected chi connectivity index (χ1v) is 17.9. The molecule has 1 aliphatic heterocycles. The van der Waals surface area contributed by atoms with E-state index in [0.717, 1.165) is 22.4 Å². The van der Waals surface area contributed by atoms with Crippen LogP contribution in [0.2, 0.25) is 18.1 Å². The molecule has 4 rings (SSSR count). The molecule has 0 aromatic heterocycles. The SMILES string of the molecule is COc1ccc(C2=CCN(C(=O)c3cc(OC)c(OCc4ccccc4)cc3NC(=O)O)C(CO[Si](C)(C)C(C)(C)C)C2)cc1. The molecule has 3 aromatic carbocycles. The minimum atomic E-state index is -2.14. The number of carbonyl (C=O) groups excluding carboxylic acids is 1. The normalized spacial score (nSPS) is 15.2. The Balaban J connectivity index is 1.69. The van der Waals surface area contributed by atoms with Crippen LogP contribution in [0.1, 0.15) is 48.7 Å². The van der Waals surface area contributed by atoms with Gasteiger partial charge in [0.25, 0.3) is 5.91 Å². The fourth-order valence-corrected chi connectivity index (χ4v) is 5.92. The second-order valence-electron chi connectivity index (χ2n) is 12.6. The van der Waals surface area contributed by atoms with Crippen LogP contribution in [0, 0.1) is 0 Å². The molecular weight excluding hydrogens is 588 g/mol. The number of hydrogen-bond acceptors (Lipinski definition) is 6. The summed E-state index contributed by atoms with van der Waals surface area (Å²) in [5.74, 6) is 1.08. The number of hydrogen-bond donors (Lipinski definition) is 2. The number of carboxylic acid groups (broad SMARTS) is 1. The van der Waals surface area contributed by atoms with Crippen LogP contribution >= 0.6 is 0 Å². The predicted molar refractivity (Wildman–Crippen MR) is 179 cm³/mol. The van der Waals surface area contributed by atoms with Gasteiger partial charge >= 0.3 is 6.09 Å². The highest BCUT2D eigenvalue weighted by molar-refractivity contribution is 6.74. The van der Waals surface area contributed by atoms with Gasteiger partial charge in [-0.15, -0.1) is 0 Å². The number of amides is 2. The van der Waals surface area contributed by atoms with E-state index in [-0.39, 0.29) is 34.8 Å². The average molecular weight is 633 g/mol. The summed E-state index contributed by atoms with van der Waals surface area (Å²) in [7, 11) is 0.987. The number of rotatable bonds is 11. The standard InChI is InChI=1S/C35H44N2O7Si/c1-35(2,3)45(6,7)44-23-27-19-26(25-13-15-28(41-4)16-14-25)17-18-37(27)33(38)29-20-31(42-5)32(21-30(29)36-34(39)40)43-22-24-11-9-8-10-12-24/h8-17,20-21,27,36H,18-19,22-23H2,1-7H3,(H,39,40). The number of benzene rings is 3. The van der Waals surface area contributed by atoms with Crippen LogP contribution in [0.15, 0.2) is 72.8 Å². The van der Waals surface area contributed by atoms with Crippen molar-refractivity contribution in [3.63, 3.8) is 0 Å². The molecule has 0 bridgehead atoms. The second-order valence-corrected chi connectivity index (χ2v) is 17.4. The Labute approximate surface area is 266 Å². The summed E-state index contributed by atoms with van der Waals surface area (Å²) in [6, 6.07) is 20.2. The van der Waals surface area contributed by atoms with Gasteiger partial charge in [-0.2, -0.15) is 0 Å². The summed E-state index contributed by atoms with van der Waals surface area (Å²) < 4.78 is 23.6. The van der Waals surface area contributed by atoms with Gasteiger partial charge in [-0.05, 0) is 59.5 Å². The van der Waals surface area contributed by atoms with Crippen molar-refractivity contribution in [2.45, 2.75) is 58.0 Å².